The summed E-state index contributed by atoms with van der Waals surface area (Å²) >= 11 is 0. The third-order valence-electron chi connectivity index (χ3n) is 5.80. The van der Waals surface area contributed by atoms with Gasteiger partial charge in [-0.2, -0.15) is 5.10 Å². The molecule has 0 fully saturated rings. The van der Waals surface area contributed by atoms with Crippen LogP contribution < -0.4 is 20.2 Å². The Morgan fingerprint density at radius 1 is 0.763 bits per heavy atom. The zero-order valence-electron chi connectivity index (χ0n) is 22.7. The van der Waals surface area contributed by atoms with Crippen molar-refractivity contribution < 1.29 is 23.9 Å². The highest BCUT2D eigenvalue weighted by molar-refractivity contribution is 5.91. The fourth-order valence-electron chi connectivity index (χ4n) is 3.54. The number of unbranched alkanes of at least 4 members (excludes halogenated alkanes) is 7. The first-order valence-corrected chi connectivity index (χ1v) is 13.7. The molecule has 0 radical (unpaired) electrons. The highest BCUT2D eigenvalue weighted by atomic mass is 16.5. The van der Waals surface area contributed by atoms with Crippen LogP contribution in [0, 0.1) is 0 Å². The van der Waals surface area contributed by atoms with Crippen LogP contribution in [0.3, 0.4) is 0 Å². The van der Waals surface area contributed by atoms with E-state index in [-0.39, 0.29) is 12.5 Å². The predicted molar refractivity (Wildman–Crippen MR) is 150 cm³/mol. The summed E-state index contributed by atoms with van der Waals surface area (Å²) in [5.41, 5.74) is 3.53. The Bertz CT molecular complexity index is 1000. The first-order valence-electron chi connectivity index (χ1n) is 13.7. The van der Waals surface area contributed by atoms with Gasteiger partial charge in [0.1, 0.15) is 11.5 Å². The fraction of sp³-hybridized carbons (Fsp3) is 0.467. The van der Waals surface area contributed by atoms with Gasteiger partial charge in [0.2, 0.25) is 5.91 Å². The molecule has 2 aromatic rings. The van der Waals surface area contributed by atoms with Crippen molar-refractivity contribution >= 4 is 24.0 Å². The highest BCUT2D eigenvalue weighted by Gasteiger charge is 2.09. The van der Waals surface area contributed by atoms with Crippen LogP contribution in [0.25, 0.3) is 0 Å². The van der Waals surface area contributed by atoms with Gasteiger partial charge in [-0.1, -0.05) is 58.8 Å². The standard InChI is InChI=1S/C30H41N3O5/c1-3-5-7-8-9-10-11-12-28(34)31-23-29(35)33-32-22-24-13-17-27(18-14-24)38-30(36)25-15-19-26(20-16-25)37-21-6-4-2/h13-20,22H,3-12,21,23H2,1-2H3,(H,31,34)(H,33,35)/b32-22+. The van der Waals surface area contributed by atoms with Gasteiger partial charge in [-0.05, 0) is 66.9 Å². The van der Waals surface area contributed by atoms with Crippen molar-refractivity contribution in [3.63, 3.8) is 0 Å². The number of hydrazone groups is 1. The van der Waals surface area contributed by atoms with E-state index in [9.17, 15) is 14.4 Å². The third kappa shape index (κ3) is 13.0. The van der Waals surface area contributed by atoms with Crippen molar-refractivity contribution in [1.29, 1.82) is 0 Å². The smallest absolute Gasteiger partial charge is 0.343 e. The Morgan fingerprint density at radius 2 is 1.39 bits per heavy atom. The molecule has 2 amide bonds. The summed E-state index contributed by atoms with van der Waals surface area (Å²) in [5.74, 6) is 0.119. The number of esters is 1. The lowest BCUT2D eigenvalue weighted by atomic mass is 10.1. The number of benzene rings is 2. The summed E-state index contributed by atoms with van der Waals surface area (Å²) in [4.78, 5) is 36.2. The van der Waals surface area contributed by atoms with Gasteiger partial charge in [0, 0.05) is 6.42 Å². The van der Waals surface area contributed by atoms with Crippen LogP contribution in [0.2, 0.25) is 0 Å². The van der Waals surface area contributed by atoms with Gasteiger partial charge in [-0.15, -0.1) is 0 Å². The molecule has 0 aromatic heterocycles. The van der Waals surface area contributed by atoms with Crippen molar-refractivity contribution in [2.45, 2.75) is 78.1 Å². The van der Waals surface area contributed by atoms with Gasteiger partial charge in [0.05, 0.1) is 24.9 Å². The lowest BCUT2D eigenvalue weighted by Crippen LogP contribution is -2.34. The summed E-state index contributed by atoms with van der Waals surface area (Å²) in [7, 11) is 0. The second-order valence-corrected chi connectivity index (χ2v) is 9.13. The van der Waals surface area contributed by atoms with Crippen molar-refractivity contribution in [2.75, 3.05) is 13.2 Å². The monoisotopic (exact) mass is 523 g/mol. The SMILES string of the molecule is CCCCCCCCCC(=O)NCC(=O)N/N=C/c1ccc(OC(=O)c2ccc(OCCCC)cc2)cc1. The Morgan fingerprint density at radius 3 is 2.08 bits per heavy atom. The van der Waals surface area contributed by atoms with E-state index >= 15 is 0 Å². The topological polar surface area (TPSA) is 106 Å². The second-order valence-electron chi connectivity index (χ2n) is 9.13. The van der Waals surface area contributed by atoms with E-state index in [1.807, 2.05) is 0 Å². The predicted octanol–water partition coefficient (Wildman–Crippen LogP) is 5.79. The Labute approximate surface area is 226 Å². The lowest BCUT2D eigenvalue weighted by molar-refractivity contribution is -0.126. The molecule has 0 saturated heterocycles. The number of hydrogen-bond acceptors (Lipinski definition) is 6. The summed E-state index contributed by atoms with van der Waals surface area (Å²) in [6.07, 6.45) is 11.9. The highest BCUT2D eigenvalue weighted by Crippen LogP contribution is 2.17. The van der Waals surface area contributed by atoms with E-state index in [4.69, 9.17) is 9.47 Å². The Kier molecular flexibility index (Phi) is 14.9. The average Bonchev–Trinajstić information content (AvgIpc) is 2.93. The van der Waals surface area contributed by atoms with Crippen LogP contribution in [0.1, 0.15) is 94.0 Å². The third-order valence-corrected chi connectivity index (χ3v) is 5.80. The van der Waals surface area contributed by atoms with Gasteiger partial charge in [-0.3, -0.25) is 9.59 Å². The molecule has 0 aliphatic heterocycles. The largest absolute Gasteiger partial charge is 0.494 e. The molecule has 0 heterocycles. The normalized spacial score (nSPS) is 10.8. The zero-order chi connectivity index (χ0) is 27.4. The number of nitrogens with one attached hydrogen (secondary N) is 2. The maximum absolute atomic E-state index is 12.4. The van der Waals surface area contributed by atoms with Crippen LogP contribution in [0.4, 0.5) is 0 Å². The fourth-order valence-corrected chi connectivity index (χ4v) is 3.54. The van der Waals surface area contributed by atoms with E-state index in [0.29, 0.717) is 29.9 Å². The minimum absolute atomic E-state index is 0.118. The number of carbonyl (C=O) groups is 3. The molecule has 0 unspecified atom stereocenters. The maximum Gasteiger partial charge on any atom is 0.343 e. The first kappa shape index (κ1) is 30.5. The van der Waals surface area contributed by atoms with Crippen LogP contribution in [-0.2, 0) is 9.59 Å². The molecule has 0 spiro atoms. The molecule has 0 atom stereocenters. The molecular weight excluding hydrogens is 482 g/mol. The Hall–Kier alpha value is -3.68. The second kappa shape index (κ2) is 18.5. The van der Waals surface area contributed by atoms with E-state index in [2.05, 4.69) is 29.7 Å². The average molecular weight is 524 g/mol. The number of rotatable bonds is 18. The van der Waals surface area contributed by atoms with Crippen molar-refractivity contribution in [1.82, 2.24) is 10.7 Å². The number of carbonyl (C=O) groups excluding carboxylic acids is 3. The van der Waals surface area contributed by atoms with Gasteiger partial charge in [0.15, 0.2) is 0 Å². The molecule has 2 aromatic carbocycles. The molecule has 206 valence electrons. The van der Waals surface area contributed by atoms with E-state index in [1.54, 1.807) is 48.5 Å². The lowest BCUT2D eigenvalue weighted by Gasteiger charge is -2.07. The molecule has 0 aliphatic rings. The number of ether oxygens (including phenoxy) is 2. The van der Waals surface area contributed by atoms with Gasteiger partial charge in [0.25, 0.3) is 5.91 Å². The summed E-state index contributed by atoms with van der Waals surface area (Å²) in [6, 6.07) is 13.6. The quantitative estimate of drug-likeness (QED) is 0.0845. The minimum Gasteiger partial charge on any atom is -0.494 e. The molecule has 8 heteroatoms. The molecule has 2 rings (SSSR count). The minimum atomic E-state index is -0.465. The van der Waals surface area contributed by atoms with Crippen molar-refractivity contribution in [3.8, 4) is 11.5 Å². The molecule has 8 nitrogen and oxygen atoms in total. The van der Waals surface area contributed by atoms with Crippen LogP contribution >= 0.6 is 0 Å². The van der Waals surface area contributed by atoms with Gasteiger partial charge >= 0.3 is 5.97 Å². The molecule has 38 heavy (non-hydrogen) atoms. The molecule has 2 N–H and O–H groups in total. The van der Waals surface area contributed by atoms with Crippen molar-refractivity contribution in [2.24, 2.45) is 5.10 Å². The van der Waals surface area contributed by atoms with E-state index in [0.717, 1.165) is 37.9 Å². The summed E-state index contributed by atoms with van der Waals surface area (Å²) in [6.45, 7) is 4.82. The maximum atomic E-state index is 12.4. The zero-order valence-corrected chi connectivity index (χ0v) is 22.7. The first-order chi connectivity index (χ1) is 18.5. The number of amides is 2. The number of hydrogen-bond donors (Lipinski definition) is 2. The van der Waals surface area contributed by atoms with E-state index < -0.39 is 11.9 Å². The van der Waals surface area contributed by atoms with Crippen LogP contribution in [0.5, 0.6) is 11.5 Å². The Balaban J connectivity index is 1.65. The summed E-state index contributed by atoms with van der Waals surface area (Å²) in [5, 5.41) is 6.52. The summed E-state index contributed by atoms with van der Waals surface area (Å²) < 4.78 is 11.0. The number of nitrogens with zero attached hydrogens (tertiary/aromatic N) is 1. The van der Waals surface area contributed by atoms with Crippen LogP contribution in [-0.4, -0.2) is 37.1 Å². The van der Waals surface area contributed by atoms with Gasteiger partial charge < -0.3 is 14.8 Å². The van der Waals surface area contributed by atoms with E-state index in [1.165, 1.54) is 31.9 Å². The van der Waals surface area contributed by atoms with Crippen LogP contribution in [0.15, 0.2) is 53.6 Å². The molecule has 0 aliphatic carbocycles. The molecular formula is C30H41N3O5. The molecule has 0 saturated carbocycles. The van der Waals surface area contributed by atoms with Gasteiger partial charge in [-0.25, -0.2) is 10.2 Å². The van der Waals surface area contributed by atoms with Crippen molar-refractivity contribution in [3.05, 3.63) is 59.7 Å². The molecule has 0 bridgehead atoms.